The first-order valence-electron chi connectivity index (χ1n) is 11.7. The highest BCUT2D eigenvalue weighted by atomic mass is 16.5. The van der Waals surface area contributed by atoms with E-state index in [-0.39, 0.29) is 24.0 Å². The highest BCUT2D eigenvalue weighted by Gasteiger charge is 2.33. The number of ether oxygens (including phenoxy) is 1. The molecule has 33 heavy (non-hydrogen) atoms. The van der Waals surface area contributed by atoms with Gasteiger partial charge in [0.05, 0.1) is 12.7 Å². The Hall–Kier alpha value is -3.11. The third-order valence-corrected chi connectivity index (χ3v) is 7.06. The van der Waals surface area contributed by atoms with Crippen molar-refractivity contribution in [2.45, 2.75) is 51.7 Å². The molecule has 2 aliphatic heterocycles. The fraction of sp³-hybridized carbons (Fsp3) is 0.500. The van der Waals surface area contributed by atoms with Crippen LogP contribution in [0, 0.1) is 11.3 Å². The van der Waals surface area contributed by atoms with Crippen LogP contribution in [0.5, 0.6) is 5.75 Å². The zero-order chi connectivity index (χ0) is 23.5. The highest BCUT2D eigenvalue weighted by molar-refractivity contribution is 5.77. The van der Waals surface area contributed by atoms with Gasteiger partial charge in [0.2, 0.25) is 5.91 Å². The number of piperazine rings is 1. The van der Waals surface area contributed by atoms with E-state index >= 15 is 0 Å². The van der Waals surface area contributed by atoms with Crippen LogP contribution in [0.1, 0.15) is 49.9 Å². The van der Waals surface area contributed by atoms with Gasteiger partial charge in [-0.05, 0) is 51.0 Å². The van der Waals surface area contributed by atoms with Crippen molar-refractivity contribution in [3.05, 3.63) is 53.2 Å². The molecule has 1 fully saturated rings. The van der Waals surface area contributed by atoms with Crippen LogP contribution in [0.2, 0.25) is 0 Å². The Morgan fingerprint density at radius 2 is 1.94 bits per heavy atom. The van der Waals surface area contributed by atoms with Gasteiger partial charge in [0.1, 0.15) is 17.6 Å². The van der Waals surface area contributed by atoms with Crippen molar-refractivity contribution in [2.24, 2.45) is 0 Å². The summed E-state index contributed by atoms with van der Waals surface area (Å²) in [6, 6.07) is 12.7. The summed E-state index contributed by atoms with van der Waals surface area (Å²) < 4.78 is 5.54. The molecule has 2 aromatic rings. The third-order valence-electron chi connectivity index (χ3n) is 7.06. The average Bonchev–Trinajstić information content (AvgIpc) is 2.83. The summed E-state index contributed by atoms with van der Waals surface area (Å²) in [6.45, 7) is 9.54. The molecular weight excluding hydrogens is 414 g/mol. The van der Waals surface area contributed by atoms with E-state index in [0.29, 0.717) is 25.1 Å². The predicted molar refractivity (Wildman–Crippen MR) is 128 cm³/mol. The number of anilines is 1. The molecule has 1 aromatic heterocycles. The van der Waals surface area contributed by atoms with E-state index in [0.717, 1.165) is 31.1 Å². The first kappa shape index (κ1) is 23.1. The first-order chi connectivity index (χ1) is 15.9. The highest BCUT2D eigenvalue weighted by Crippen LogP contribution is 2.34. The van der Waals surface area contributed by atoms with Gasteiger partial charge in [0, 0.05) is 62.5 Å². The Bertz CT molecular complexity index is 1020. The maximum atomic E-state index is 13.1. The molecule has 174 valence electrons. The van der Waals surface area contributed by atoms with Crippen LogP contribution in [0.4, 0.5) is 5.82 Å². The van der Waals surface area contributed by atoms with Gasteiger partial charge in [-0.1, -0.05) is 12.1 Å². The van der Waals surface area contributed by atoms with Crippen LogP contribution in [0.15, 0.2) is 36.5 Å². The van der Waals surface area contributed by atoms with Crippen molar-refractivity contribution < 1.29 is 9.53 Å². The number of carbonyl (C=O) groups is 1. The molecule has 3 unspecified atom stereocenters. The van der Waals surface area contributed by atoms with Gasteiger partial charge in [-0.25, -0.2) is 4.98 Å². The lowest BCUT2D eigenvalue weighted by Gasteiger charge is -2.45. The van der Waals surface area contributed by atoms with Gasteiger partial charge < -0.3 is 14.5 Å². The number of hydrogen-bond acceptors (Lipinski definition) is 6. The molecule has 0 saturated carbocycles. The van der Waals surface area contributed by atoms with Crippen molar-refractivity contribution in [1.82, 2.24) is 14.8 Å². The summed E-state index contributed by atoms with van der Waals surface area (Å²) in [6.07, 6.45) is 3.08. The summed E-state index contributed by atoms with van der Waals surface area (Å²) in [5, 5.41) is 9.01. The number of rotatable bonds is 5. The minimum absolute atomic E-state index is 0.159. The van der Waals surface area contributed by atoms with E-state index in [1.165, 1.54) is 11.1 Å². The molecule has 7 nitrogen and oxygen atoms in total. The van der Waals surface area contributed by atoms with Gasteiger partial charge >= 0.3 is 0 Å². The Balaban J connectivity index is 1.35. The van der Waals surface area contributed by atoms with Crippen molar-refractivity contribution >= 4 is 11.7 Å². The van der Waals surface area contributed by atoms with Crippen LogP contribution in [-0.2, 0) is 11.2 Å². The second-order valence-electron chi connectivity index (χ2n) is 9.16. The van der Waals surface area contributed by atoms with Gasteiger partial charge in [0.25, 0.3) is 0 Å². The van der Waals surface area contributed by atoms with E-state index in [1.54, 1.807) is 19.4 Å². The van der Waals surface area contributed by atoms with E-state index in [9.17, 15) is 4.79 Å². The van der Waals surface area contributed by atoms with Gasteiger partial charge in [0.15, 0.2) is 0 Å². The average molecular weight is 448 g/mol. The molecule has 0 N–H and O–H groups in total. The normalized spacial score (nSPS) is 23.1. The monoisotopic (exact) mass is 447 g/mol. The number of benzene rings is 1. The summed E-state index contributed by atoms with van der Waals surface area (Å²) in [4.78, 5) is 24.2. The van der Waals surface area contributed by atoms with Crippen LogP contribution >= 0.6 is 0 Å². The smallest absolute Gasteiger partial charge is 0.223 e. The number of amides is 1. The molecule has 0 radical (unpaired) electrons. The Kier molecular flexibility index (Phi) is 6.85. The maximum Gasteiger partial charge on any atom is 0.223 e. The molecule has 3 atom stereocenters. The molecule has 2 aliphatic rings. The number of hydrogen-bond donors (Lipinski definition) is 0. The van der Waals surface area contributed by atoms with Gasteiger partial charge in [-0.3, -0.25) is 9.69 Å². The van der Waals surface area contributed by atoms with E-state index in [2.05, 4.69) is 47.7 Å². The molecule has 1 saturated heterocycles. The van der Waals surface area contributed by atoms with E-state index in [4.69, 9.17) is 10.00 Å². The Morgan fingerprint density at radius 3 is 2.58 bits per heavy atom. The number of nitriles is 1. The fourth-order valence-electron chi connectivity index (χ4n) is 5.36. The summed E-state index contributed by atoms with van der Waals surface area (Å²) in [7, 11) is 1.73. The number of methoxy groups -OCH3 is 1. The quantitative estimate of drug-likeness (QED) is 0.700. The molecular formula is C26H33N5O2. The minimum Gasteiger partial charge on any atom is -0.496 e. The van der Waals surface area contributed by atoms with E-state index in [1.807, 2.05) is 23.1 Å². The largest absolute Gasteiger partial charge is 0.496 e. The Labute approximate surface area is 196 Å². The summed E-state index contributed by atoms with van der Waals surface area (Å²) in [5.74, 6) is 2.04. The van der Waals surface area contributed by atoms with Crippen LogP contribution < -0.4 is 9.64 Å². The summed E-state index contributed by atoms with van der Waals surface area (Å²) in [5.41, 5.74) is 3.16. The molecule has 0 aliphatic carbocycles. The molecule has 7 heteroatoms. The third kappa shape index (κ3) is 4.67. The summed E-state index contributed by atoms with van der Waals surface area (Å²) >= 11 is 0. The van der Waals surface area contributed by atoms with Crippen molar-refractivity contribution in [3.8, 4) is 11.8 Å². The van der Waals surface area contributed by atoms with Crippen LogP contribution in [0.3, 0.4) is 0 Å². The van der Waals surface area contributed by atoms with E-state index < -0.39 is 0 Å². The fourth-order valence-corrected chi connectivity index (χ4v) is 5.36. The Morgan fingerprint density at radius 1 is 1.18 bits per heavy atom. The predicted octanol–water partition coefficient (Wildman–Crippen LogP) is 3.40. The lowest BCUT2D eigenvalue weighted by molar-refractivity contribution is -0.133. The molecule has 1 aromatic carbocycles. The number of carbonyl (C=O) groups excluding carboxylic acids is 1. The number of nitrogens with zero attached hydrogens (tertiary/aromatic N) is 5. The lowest BCUT2D eigenvalue weighted by Crippen LogP contribution is -2.58. The molecule has 0 bridgehead atoms. The van der Waals surface area contributed by atoms with Gasteiger partial charge in [-0.2, -0.15) is 5.26 Å². The SMILES string of the molecule is COc1cccc2c1CCN(CCC(=O)N1CC(C)N(c3ccc(C#N)cn3)C(C)C1)C2C. The first-order valence-corrected chi connectivity index (χ1v) is 11.7. The second kappa shape index (κ2) is 9.80. The standard InChI is InChI=1S/C26H33N5O2/c1-18-16-30(17-19(2)31(18)25-9-8-21(14-27)15-28-25)26(32)11-13-29-12-10-23-22(20(29)3)6-5-7-24(23)33-4/h5-9,15,18-20H,10-13,16-17H2,1-4H3. The number of pyridine rings is 1. The molecule has 0 spiro atoms. The zero-order valence-corrected chi connectivity index (χ0v) is 20.0. The van der Waals surface area contributed by atoms with Crippen molar-refractivity contribution in [3.63, 3.8) is 0 Å². The van der Waals surface area contributed by atoms with Crippen LogP contribution in [0.25, 0.3) is 0 Å². The molecule has 4 rings (SSSR count). The lowest BCUT2D eigenvalue weighted by atomic mass is 9.92. The molecule has 3 heterocycles. The number of fused-ring (bicyclic) bond motifs is 1. The van der Waals surface area contributed by atoms with Crippen LogP contribution in [-0.4, -0.2) is 66.1 Å². The maximum absolute atomic E-state index is 13.1. The second-order valence-corrected chi connectivity index (χ2v) is 9.16. The molecule has 1 amide bonds. The number of aromatic nitrogens is 1. The van der Waals surface area contributed by atoms with Gasteiger partial charge in [-0.15, -0.1) is 0 Å². The zero-order valence-electron chi connectivity index (χ0n) is 20.0. The van der Waals surface area contributed by atoms with Crippen molar-refractivity contribution in [2.75, 3.05) is 38.2 Å². The topological polar surface area (TPSA) is 72.7 Å². The minimum atomic E-state index is 0.159. The van der Waals surface area contributed by atoms with Crippen molar-refractivity contribution in [1.29, 1.82) is 5.26 Å².